The third kappa shape index (κ3) is 4.85. The summed E-state index contributed by atoms with van der Waals surface area (Å²) in [5, 5.41) is 2.59. The van der Waals surface area contributed by atoms with E-state index in [1.807, 2.05) is 13.0 Å². The molecular weight excluding hydrogens is 297 g/mol. The lowest BCUT2D eigenvalue weighted by Crippen LogP contribution is -2.07. The van der Waals surface area contributed by atoms with Gasteiger partial charge >= 0.3 is 0 Å². The van der Waals surface area contributed by atoms with Gasteiger partial charge in [0.1, 0.15) is 5.82 Å². The predicted molar refractivity (Wildman–Crippen MR) is 88.2 cm³/mol. The summed E-state index contributed by atoms with van der Waals surface area (Å²) in [6, 6.07) is 11.1. The number of hydrogen-bond donors (Lipinski definition) is 1. The van der Waals surface area contributed by atoms with Crippen molar-refractivity contribution in [1.29, 1.82) is 0 Å². The molecule has 0 spiro atoms. The van der Waals surface area contributed by atoms with Crippen LogP contribution >= 0.6 is 0 Å². The molecule has 0 aliphatic heterocycles. The van der Waals surface area contributed by atoms with Crippen LogP contribution < -0.4 is 14.8 Å². The van der Waals surface area contributed by atoms with Crippen LogP contribution in [0.1, 0.15) is 12.5 Å². The zero-order valence-electron chi connectivity index (χ0n) is 13.0. The molecule has 2 aromatic rings. The van der Waals surface area contributed by atoms with E-state index in [0.717, 1.165) is 5.56 Å². The standard InChI is InChI=1S/C18H18FNO3/c1-3-23-16-9-7-13(11-17(16)22-2)8-10-18(21)20-15-6-4-5-14(19)12-15/h4-12H,3H2,1-2H3,(H,20,21). The van der Waals surface area contributed by atoms with Crippen molar-refractivity contribution in [2.45, 2.75) is 6.92 Å². The van der Waals surface area contributed by atoms with E-state index in [1.165, 1.54) is 24.3 Å². The predicted octanol–water partition coefficient (Wildman–Crippen LogP) is 3.88. The summed E-state index contributed by atoms with van der Waals surface area (Å²) in [4.78, 5) is 11.8. The Morgan fingerprint density at radius 2 is 2.04 bits per heavy atom. The van der Waals surface area contributed by atoms with Crippen LogP contribution in [-0.4, -0.2) is 19.6 Å². The number of halogens is 1. The first-order valence-corrected chi connectivity index (χ1v) is 7.18. The van der Waals surface area contributed by atoms with Crippen LogP contribution in [0.15, 0.2) is 48.5 Å². The van der Waals surface area contributed by atoms with Gasteiger partial charge in [0.05, 0.1) is 13.7 Å². The zero-order valence-corrected chi connectivity index (χ0v) is 13.0. The molecule has 0 saturated carbocycles. The zero-order chi connectivity index (χ0) is 16.7. The average Bonchev–Trinajstić information content (AvgIpc) is 2.54. The van der Waals surface area contributed by atoms with Crippen molar-refractivity contribution in [3.8, 4) is 11.5 Å². The third-order valence-electron chi connectivity index (χ3n) is 3.01. The number of benzene rings is 2. The van der Waals surface area contributed by atoms with Crippen LogP contribution in [-0.2, 0) is 4.79 Å². The van der Waals surface area contributed by atoms with Crippen molar-refractivity contribution in [2.75, 3.05) is 19.0 Å². The molecule has 0 aliphatic carbocycles. The molecule has 1 N–H and O–H groups in total. The van der Waals surface area contributed by atoms with Gasteiger partial charge in [-0.1, -0.05) is 12.1 Å². The molecule has 0 aliphatic rings. The maximum absolute atomic E-state index is 13.1. The minimum atomic E-state index is -0.400. The van der Waals surface area contributed by atoms with E-state index in [-0.39, 0.29) is 5.91 Å². The van der Waals surface area contributed by atoms with Gasteiger partial charge in [-0.2, -0.15) is 0 Å². The molecule has 2 rings (SSSR count). The lowest BCUT2D eigenvalue weighted by molar-refractivity contribution is -0.111. The van der Waals surface area contributed by atoms with Gasteiger partial charge in [-0.05, 0) is 48.9 Å². The molecule has 23 heavy (non-hydrogen) atoms. The summed E-state index contributed by atoms with van der Waals surface area (Å²) >= 11 is 0. The number of ether oxygens (including phenoxy) is 2. The molecule has 0 saturated heterocycles. The maximum atomic E-state index is 13.1. The molecule has 4 nitrogen and oxygen atoms in total. The fraction of sp³-hybridized carbons (Fsp3) is 0.167. The van der Waals surface area contributed by atoms with Gasteiger partial charge in [-0.3, -0.25) is 4.79 Å². The average molecular weight is 315 g/mol. The Morgan fingerprint density at radius 1 is 1.22 bits per heavy atom. The summed E-state index contributed by atoms with van der Waals surface area (Å²) < 4.78 is 23.7. The Morgan fingerprint density at radius 3 is 2.74 bits per heavy atom. The highest BCUT2D eigenvalue weighted by Crippen LogP contribution is 2.28. The second-order valence-electron chi connectivity index (χ2n) is 4.68. The summed E-state index contributed by atoms with van der Waals surface area (Å²) in [6.07, 6.45) is 3.02. The van der Waals surface area contributed by atoms with E-state index in [1.54, 1.807) is 31.4 Å². The van der Waals surface area contributed by atoms with Gasteiger partial charge in [0.15, 0.2) is 11.5 Å². The number of methoxy groups -OCH3 is 1. The van der Waals surface area contributed by atoms with Crippen molar-refractivity contribution < 1.29 is 18.7 Å². The van der Waals surface area contributed by atoms with Crippen LogP contribution in [0.4, 0.5) is 10.1 Å². The number of hydrogen-bond acceptors (Lipinski definition) is 3. The van der Waals surface area contributed by atoms with Gasteiger partial charge in [0.2, 0.25) is 5.91 Å². The Balaban J connectivity index is 2.05. The molecule has 120 valence electrons. The number of carbonyl (C=O) groups excluding carboxylic acids is 1. The normalized spacial score (nSPS) is 10.6. The van der Waals surface area contributed by atoms with Crippen molar-refractivity contribution in [2.24, 2.45) is 0 Å². The Kier molecular flexibility index (Phi) is 5.74. The molecule has 0 heterocycles. The van der Waals surface area contributed by atoms with Gasteiger partial charge in [-0.25, -0.2) is 4.39 Å². The summed E-state index contributed by atoms with van der Waals surface area (Å²) in [5.74, 6) is 0.502. The second-order valence-corrected chi connectivity index (χ2v) is 4.68. The van der Waals surface area contributed by atoms with E-state index in [2.05, 4.69) is 5.32 Å². The number of nitrogens with one attached hydrogen (secondary N) is 1. The minimum absolute atomic E-state index is 0.344. The Bertz CT molecular complexity index is 713. The first kappa shape index (κ1) is 16.5. The quantitative estimate of drug-likeness (QED) is 0.823. The molecule has 0 bridgehead atoms. The van der Waals surface area contributed by atoms with Gasteiger partial charge < -0.3 is 14.8 Å². The topological polar surface area (TPSA) is 47.6 Å². The fourth-order valence-electron chi connectivity index (χ4n) is 1.98. The molecule has 0 fully saturated rings. The summed E-state index contributed by atoms with van der Waals surface area (Å²) in [7, 11) is 1.56. The number of rotatable bonds is 6. The van der Waals surface area contributed by atoms with Crippen molar-refractivity contribution in [1.82, 2.24) is 0 Å². The SMILES string of the molecule is CCOc1ccc(C=CC(=O)Nc2cccc(F)c2)cc1OC. The molecule has 0 radical (unpaired) electrons. The molecular formula is C18H18FNO3. The van der Waals surface area contributed by atoms with E-state index >= 15 is 0 Å². The van der Waals surface area contributed by atoms with Crippen LogP contribution in [0.2, 0.25) is 0 Å². The van der Waals surface area contributed by atoms with E-state index in [0.29, 0.717) is 23.8 Å². The summed E-state index contributed by atoms with van der Waals surface area (Å²) in [5.41, 5.74) is 1.20. The smallest absolute Gasteiger partial charge is 0.248 e. The van der Waals surface area contributed by atoms with Crippen LogP contribution in [0.25, 0.3) is 6.08 Å². The largest absolute Gasteiger partial charge is 0.493 e. The summed E-state index contributed by atoms with van der Waals surface area (Å²) in [6.45, 7) is 2.44. The number of amides is 1. The fourth-order valence-corrected chi connectivity index (χ4v) is 1.98. The molecule has 0 unspecified atom stereocenters. The second kappa shape index (κ2) is 7.98. The van der Waals surface area contributed by atoms with Crippen molar-refractivity contribution >= 4 is 17.7 Å². The molecule has 0 aromatic heterocycles. The van der Waals surface area contributed by atoms with Crippen molar-refractivity contribution in [3.63, 3.8) is 0 Å². The Labute approximate surface area is 134 Å². The highest BCUT2D eigenvalue weighted by Gasteiger charge is 2.04. The lowest BCUT2D eigenvalue weighted by atomic mass is 10.2. The lowest BCUT2D eigenvalue weighted by Gasteiger charge is -2.09. The number of anilines is 1. The molecule has 5 heteroatoms. The maximum Gasteiger partial charge on any atom is 0.248 e. The van der Waals surface area contributed by atoms with Crippen molar-refractivity contribution in [3.05, 3.63) is 59.9 Å². The van der Waals surface area contributed by atoms with Gasteiger partial charge in [-0.15, -0.1) is 0 Å². The highest BCUT2D eigenvalue weighted by atomic mass is 19.1. The van der Waals surface area contributed by atoms with E-state index in [4.69, 9.17) is 9.47 Å². The van der Waals surface area contributed by atoms with Crippen LogP contribution in [0.3, 0.4) is 0 Å². The van der Waals surface area contributed by atoms with Crippen LogP contribution in [0, 0.1) is 5.82 Å². The third-order valence-corrected chi connectivity index (χ3v) is 3.01. The Hall–Kier alpha value is -2.82. The monoisotopic (exact) mass is 315 g/mol. The highest BCUT2D eigenvalue weighted by molar-refractivity contribution is 6.01. The molecule has 1 amide bonds. The molecule has 0 atom stereocenters. The van der Waals surface area contributed by atoms with Gasteiger partial charge in [0, 0.05) is 11.8 Å². The van der Waals surface area contributed by atoms with Gasteiger partial charge in [0.25, 0.3) is 0 Å². The minimum Gasteiger partial charge on any atom is -0.493 e. The molecule has 2 aromatic carbocycles. The number of carbonyl (C=O) groups is 1. The first-order chi connectivity index (χ1) is 11.1. The van der Waals surface area contributed by atoms with Crippen LogP contribution in [0.5, 0.6) is 11.5 Å². The van der Waals surface area contributed by atoms with E-state index in [9.17, 15) is 9.18 Å². The van der Waals surface area contributed by atoms with E-state index < -0.39 is 5.82 Å². The first-order valence-electron chi connectivity index (χ1n) is 7.18.